The molecule has 1 atom stereocenters. The van der Waals surface area contributed by atoms with Crippen molar-refractivity contribution in [3.8, 4) is 0 Å². The molecule has 1 heterocycles. The van der Waals surface area contributed by atoms with Gasteiger partial charge in [0.15, 0.2) is 0 Å². The summed E-state index contributed by atoms with van der Waals surface area (Å²) in [7, 11) is 1.81. The highest BCUT2D eigenvalue weighted by Gasteiger charge is 2.42. The minimum atomic E-state index is 0.578. The third kappa shape index (κ3) is 4.44. The zero-order valence-corrected chi connectivity index (χ0v) is 13.1. The molecule has 2 fully saturated rings. The molecule has 1 unspecified atom stereocenters. The summed E-state index contributed by atoms with van der Waals surface area (Å²) in [5.74, 6) is 0.876. The van der Waals surface area contributed by atoms with Crippen molar-refractivity contribution < 1.29 is 4.74 Å². The fourth-order valence-electron chi connectivity index (χ4n) is 3.32. The van der Waals surface area contributed by atoms with Crippen molar-refractivity contribution in [1.29, 1.82) is 0 Å². The lowest BCUT2D eigenvalue weighted by atomic mass is 9.89. The first kappa shape index (κ1) is 15.3. The van der Waals surface area contributed by atoms with E-state index in [4.69, 9.17) is 4.74 Å². The summed E-state index contributed by atoms with van der Waals surface area (Å²) in [4.78, 5) is 2.57. The first-order valence-corrected chi connectivity index (χ1v) is 8.14. The van der Waals surface area contributed by atoms with Gasteiger partial charge in [-0.2, -0.15) is 0 Å². The van der Waals surface area contributed by atoms with E-state index in [1.54, 1.807) is 0 Å². The molecule has 0 spiro atoms. The molecule has 0 bridgehead atoms. The Labute approximate surface area is 119 Å². The van der Waals surface area contributed by atoms with Gasteiger partial charge in [0, 0.05) is 26.3 Å². The summed E-state index contributed by atoms with van der Waals surface area (Å²) in [5, 5.41) is 3.82. The number of rotatable bonds is 8. The van der Waals surface area contributed by atoms with Gasteiger partial charge < -0.3 is 15.0 Å². The molecule has 0 aromatic carbocycles. The van der Waals surface area contributed by atoms with Crippen LogP contribution in [-0.4, -0.2) is 50.8 Å². The Bertz CT molecular complexity index is 257. The predicted octanol–water partition coefficient (Wildman–Crippen LogP) is 2.51. The molecule has 112 valence electrons. The van der Waals surface area contributed by atoms with E-state index >= 15 is 0 Å². The van der Waals surface area contributed by atoms with Gasteiger partial charge in [-0.1, -0.05) is 6.92 Å². The summed E-state index contributed by atoms with van der Waals surface area (Å²) in [6, 6.07) is 0.680. The van der Waals surface area contributed by atoms with Crippen molar-refractivity contribution in [2.75, 3.05) is 39.9 Å². The van der Waals surface area contributed by atoms with E-state index < -0.39 is 0 Å². The fourth-order valence-corrected chi connectivity index (χ4v) is 3.32. The molecule has 1 aliphatic carbocycles. The largest absolute Gasteiger partial charge is 0.385 e. The van der Waals surface area contributed by atoms with E-state index in [9.17, 15) is 0 Å². The molecular formula is C16H32N2O. The number of piperidine rings is 1. The van der Waals surface area contributed by atoms with Gasteiger partial charge in [-0.3, -0.25) is 0 Å². The van der Waals surface area contributed by atoms with Crippen molar-refractivity contribution in [3.63, 3.8) is 0 Å². The number of methoxy groups -OCH3 is 1. The van der Waals surface area contributed by atoms with Crippen molar-refractivity contribution >= 4 is 0 Å². The summed E-state index contributed by atoms with van der Waals surface area (Å²) < 4.78 is 5.23. The summed E-state index contributed by atoms with van der Waals surface area (Å²) >= 11 is 0. The third-order valence-corrected chi connectivity index (χ3v) is 5.38. The molecule has 0 amide bonds. The van der Waals surface area contributed by atoms with Crippen LogP contribution in [0.2, 0.25) is 0 Å². The molecule has 3 nitrogen and oxygen atoms in total. The van der Waals surface area contributed by atoms with Crippen LogP contribution in [0.15, 0.2) is 0 Å². The third-order valence-electron chi connectivity index (χ3n) is 5.38. The molecule has 0 radical (unpaired) electrons. The number of nitrogens with zero attached hydrogens (tertiary/aromatic N) is 1. The zero-order chi connectivity index (χ0) is 13.7. The Balaban J connectivity index is 1.66. The number of hydrogen-bond acceptors (Lipinski definition) is 3. The zero-order valence-electron chi connectivity index (χ0n) is 13.1. The average molecular weight is 268 g/mol. The minimum Gasteiger partial charge on any atom is -0.385 e. The molecule has 0 aromatic heterocycles. The lowest BCUT2D eigenvalue weighted by Gasteiger charge is -2.35. The second kappa shape index (κ2) is 7.05. The summed E-state index contributed by atoms with van der Waals surface area (Å²) in [6.07, 6.45) is 6.76. The Kier molecular flexibility index (Phi) is 5.67. The molecule has 3 heteroatoms. The Morgan fingerprint density at radius 3 is 2.53 bits per heavy atom. The van der Waals surface area contributed by atoms with Crippen LogP contribution in [0.1, 0.15) is 46.0 Å². The predicted molar refractivity (Wildman–Crippen MR) is 80.5 cm³/mol. The minimum absolute atomic E-state index is 0.578. The highest BCUT2D eigenvalue weighted by atomic mass is 16.5. The smallest absolute Gasteiger partial charge is 0.0468 e. The van der Waals surface area contributed by atoms with E-state index in [1.165, 1.54) is 58.3 Å². The van der Waals surface area contributed by atoms with Crippen LogP contribution in [0, 0.1) is 11.3 Å². The maximum Gasteiger partial charge on any atom is 0.0468 e. The standard InChI is InChI=1S/C16H32N2O/c1-4-18-10-5-15(6-11-18)14(2)17-13-16(7-8-16)9-12-19-3/h14-15,17H,4-13H2,1-3H3. The van der Waals surface area contributed by atoms with Gasteiger partial charge in [0.1, 0.15) is 0 Å². The lowest BCUT2D eigenvalue weighted by Crippen LogP contribution is -2.43. The molecule has 2 aliphatic rings. The second-order valence-corrected chi connectivity index (χ2v) is 6.68. The normalized spacial score (nSPS) is 25.4. The maximum atomic E-state index is 5.23. The van der Waals surface area contributed by atoms with Gasteiger partial charge >= 0.3 is 0 Å². The summed E-state index contributed by atoms with van der Waals surface area (Å²) in [5.41, 5.74) is 0.578. The van der Waals surface area contributed by atoms with Gasteiger partial charge in [0.05, 0.1) is 0 Å². The number of nitrogens with one attached hydrogen (secondary N) is 1. The van der Waals surface area contributed by atoms with Crippen molar-refractivity contribution in [2.45, 2.75) is 52.0 Å². The van der Waals surface area contributed by atoms with Gasteiger partial charge in [-0.15, -0.1) is 0 Å². The van der Waals surface area contributed by atoms with Crippen molar-refractivity contribution in [2.24, 2.45) is 11.3 Å². The summed E-state index contributed by atoms with van der Waals surface area (Å²) in [6.45, 7) is 10.6. The van der Waals surface area contributed by atoms with Gasteiger partial charge in [-0.05, 0) is 70.0 Å². The van der Waals surface area contributed by atoms with E-state index in [2.05, 4.69) is 24.1 Å². The van der Waals surface area contributed by atoms with Gasteiger partial charge in [0.2, 0.25) is 0 Å². The first-order valence-electron chi connectivity index (χ1n) is 8.14. The Morgan fingerprint density at radius 2 is 2.00 bits per heavy atom. The topological polar surface area (TPSA) is 24.5 Å². The number of likely N-dealkylation sites (tertiary alicyclic amines) is 1. The van der Waals surface area contributed by atoms with Crippen LogP contribution in [0.5, 0.6) is 0 Å². The lowest BCUT2D eigenvalue weighted by molar-refractivity contribution is 0.155. The molecule has 2 rings (SSSR count). The Hall–Kier alpha value is -0.120. The highest BCUT2D eigenvalue weighted by molar-refractivity contribution is 4.95. The molecular weight excluding hydrogens is 236 g/mol. The van der Waals surface area contributed by atoms with E-state index in [0.717, 1.165) is 12.5 Å². The molecule has 1 N–H and O–H groups in total. The Morgan fingerprint density at radius 1 is 1.32 bits per heavy atom. The molecule has 1 aliphatic heterocycles. The number of ether oxygens (including phenoxy) is 1. The second-order valence-electron chi connectivity index (χ2n) is 6.68. The molecule has 19 heavy (non-hydrogen) atoms. The van der Waals surface area contributed by atoms with Gasteiger partial charge in [-0.25, -0.2) is 0 Å². The number of hydrogen-bond donors (Lipinski definition) is 1. The van der Waals surface area contributed by atoms with E-state index in [0.29, 0.717) is 11.5 Å². The van der Waals surface area contributed by atoms with E-state index in [1.807, 2.05) is 7.11 Å². The van der Waals surface area contributed by atoms with Crippen LogP contribution in [0.25, 0.3) is 0 Å². The maximum absolute atomic E-state index is 5.23. The fraction of sp³-hybridized carbons (Fsp3) is 1.00. The van der Waals surface area contributed by atoms with Crippen LogP contribution in [-0.2, 0) is 4.74 Å². The van der Waals surface area contributed by atoms with Crippen LogP contribution in [0.3, 0.4) is 0 Å². The highest BCUT2D eigenvalue weighted by Crippen LogP contribution is 2.48. The van der Waals surface area contributed by atoms with Crippen LogP contribution < -0.4 is 5.32 Å². The first-order chi connectivity index (χ1) is 9.19. The van der Waals surface area contributed by atoms with Crippen LogP contribution >= 0.6 is 0 Å². The van der Waals surface area contributed by atoms with Crippen molar-refractivity contribution in [1.82, 2.24) is 10.2 Å². The molecule has 1 saturated heterocycles. The molecule has 1 saturated carbocycles. The average Bonchev–Trinajstić information content (AvgIpc) is 3.23. The van der Waals surface area contributed by atoms with Crippen molar-refractivity contribution in [3.05, 3.63) is 0 Å². The van der Waals surface area contributed by atoms with E-state index in [-0.39, 0.29) is 0 Å². The van der Waals surface area contributed by atoms with Crippen LogP contribution in [0.4, 0.5) is 0 Å². The monoisotopic (exact) mass is 268 g/mol. The molecule has 0 aromatic rings. The van der Waals surface area contributed by atoms with Gasteiger partial charge in [0.25, 0.3) is 0 Å². The quantitative estimate of drug-likeness (QED) is 0.732. The SMILES string of the molecule is CCN1CCC(C(C)NCC2(CCOC)CC2)CC1.